The van der Waals surface area contributed by atoms with Gasteiger partial charge in [-0.2, -0.15) is 0 Å². The lowest BCUT2D eigenvalue weighted by Crippen LogP contribution is -2.34. The Morgan fingerprint density at radius 2 is 1.76 bits per heavy atom. The Bertz CT molecular complexity index is 1220. The third-order valence-electron chi connectivity index (χ3n) is 5.54. The number of carbonyl (C=O) groups is 1. The highest BCUT2D eigenvalue weighted by molar-refractivity contribution is 7.17. The lowest BCUT2D eigenvalue weighted by atomic mass is 10.1. The van der Waals surface area contributed by atoms with Crippen LogP contribution in [0, 0.1) is 5.82 Å². The summed E-state index contributed by atoms with van der Waals surface area (Å²) in [5.41, 5.74) is 3.26. The minimum Gasteiger partial charge on any atom is -0.351 e. The number of fused-ring (bicyclic) bond motifs is 1. The molecule has 2 aromatic heterocycles. The fourth-order valence-corrected chi connectivity index (χ4v) is 4.54. The molecule has 0 fully saturated rings. The summed E-state index contributed by atoms with van der Waals surface area (Å²) >= 11 is 1.52. The van der Waals surface area contributed by atoms with Gasteiger partial charge in [0.05, 0.1) is 5.39 Å². The number of nitrogens with one attached hydrogen (secondary N) is 2. The van der Waals surface area contributed by atoms with Crippen LogP contribution in [-0.4, -0.2) is 47.0 Å². The summed E-state index contributed by atoms with van der Waals surface area (Å²) in [5, 5.41) is 9.19. The van der Waals surface area contributed by atoms with Crippen LogP contribution in [0.3, 0.4) is 0 Å². The molecule has 4 rings (SSSR count). The summed E-state index contributed by atoms with van der Waals surface area (Å²) in [5.74, 6) is 0.302. The molecule has 0 aliphatic heterocycles. The molecule has 6 nitrogen and oxygen atoms in total. The van der Waals surface area contributed by atoms with E-state index in [2.05, 4.69) is 39.3 Å². The topological polar surface area (TPSA) is 70.2 Å². The van der Waals surface area contributed by atoms with Crippen molar-refractivity contribution in [2.45, 2.75) is 13.8 Å². The monoisotopic (exact) mass is 463 g/mol. The standard InChI is InChI=1S/C25H26FN5OS/c1-3-31(4-2)14-13-27-24(32)18-7-11-20(12-8-18)30-23-22-21(15-33-25(22)29-16-28-23)17-5-9-19(26)10-6-17/h5-12,15-16H,3-4,13-14H2,1-2H3,(H,27,32)(H,28,29,30). The van der Waals surface area contributed by atoms with Gasteiger partial charge in [0, 0.05) is 35.3 Å². The highest BCUT2D eigenvalue weighted by Crippen LogP contribution is 2.37. The third-order valence-corrected chi connectivity index (χ3v) is 6.43. The zero-order chi connectivity index (χ0) is 23.2. The molecule has 0 atom stereocenters. The maximum Gasteiger partial charge on any atom is 0.251 e. The van der Waals surface area contributed by atoms with Crippen molar-refractivity contribution < 1.29 is 9.18 Å². The van der Waals surface area contributed by atoms with Crippen LogP contribution >= 0.6 is 11.3 Å². The van der Waals surface area contributed by atoms with Crippen molar-refractivity contribution in [2.75, 3.05) is 31.5 Å². The van der Waals surface area contributed by atoms with Crippen LogP contribution in [0.2, 0.25) is 0 Å². The van der Waals surface area contributed by atoms with Gasteiger partial charge in [0.15, 0.2) is 0 Å². The molecule has 2 N–H and O–H groups in total. The van der Waals surface area contributed by atoms with Crippen LogP contribution in [-0.2, 0) is 0 Å². The molecule has 0 radical (unpaired) electrons. The van der Waals surface area contributed by atoms with Crippen molar-refractivity contribution in [1.29, 1.82) is 0 Å². The predicted octanol–water partition coefficient (Wildman–Crippen LogP) is 5.31. The molecule has 1 amide bonds. The van der Waals surface area contributed by atoms with Gasteiger partial charge < -0.3 is 15.5 Å². The van der Waals surface area contributed by atoms with Crippen LogP contribution in [0.25, 0.3) is 21.3 Å². The van der Waals surface area contributed by atoms with Crippen LogP contribution in [0.5, 0.6) is 0 Å². The lowest BCUT2D eigenvalue weighted by Gasteiger charge is -2.18. The van der Waals surface area contributed by atoms with Crippen LogP contribution in [0.4, 0.5) is 15.9 Å². The van der Waals surface area contributed by atoms with E-state index in [0.717, 1.165) is 46.7 Å². The zero-order valence-electron chi connectivity index (χ0n) is 18.6. The second kappa shape index (κ2) is 10.5. The Hall–Kier alpha value is -3.36. The first kappa shape index (κ1) is 22.8. The van der Waals surface area contributed by atoms with Crippen molar-refractivity contribution in [3.8, 4) is 11.1 Å². The molecule has 170 valence electrons. The summed E-state index contributed by atoms with van der Waals surface area (Å²) < 4.78 is 13.4. The van der Waals surface area contributed by atoms with E-state index in [1.54, 1.807) is 24.3 Å². The number of rotatable bonds is 9. The molecular weight excluding hydrogens is 437 g/mol. The number of benzene rings is 2. The number of halogens is 1. The Morgan fingerprint density at radius 3 is 2.45 bits per heavy atom. The van der Waals surface area contributed by atoms with Crippen LogP contribution in [0.15, 0.2) is 60.2 Å². The number of hydrogen-bond donors (Lipinski definition) is 2. The molecule has 0 spiro atoms. The number of nitrogens with zero attached hydrogens (tertiary/aromatic N) is 3. The van der Waals surface area contributed by atoms with Gasteiger partial charge in [-0.3, -0.25) is 4.79 Å². The third kappa shape index (κ3) is 5.35. The van der Waals surface area contributed by atoms with Gasteiger partial charge >= 0.3 is 0 Å². The summed E-state index contributed by atoms with van der Waals surface area (Å²) in [6.45, 7) is 7.61. The second-order valence-corrected chi connectivity index (χ2v) is 8.40. The minimum absolute atomic E-state index is 0.0884. The minimum atomic E-state index is -0.273. The van der Waals surface area contributed by atoms with E-state index in [1.807, 2.05) is 17.5 Å². The van der Waals surface area contributed by atoms with Gasteiger partial charge in [-0.25, -0.2) is 14.4 Å². The fourth-order valence-electron chi connectivity index (χ4n) is 3.62. The largest absolute Gasteiger partial charge is 0.351 e. The molecule has 33 heavy (non-hydrogen) atoms. The summed E-state index contributed by atoms with van der Waals surface area (Å²) in [6.07, 6.45) is 1.52. The molecule has 8 heteroatoms. The van der Waals surface area contributed by atoms with Gasteiger partial charge in [-0.05, 0) is 55.1 Å². The van der Waals surface area contributed by atoms with Crippen molar-refractivity contribution in [1.82, 2.24) is 20.2 Å². The number of likely N-dealkylation sites (N-methyl/N-ethyl adjacent to an activating group) is 1. The Labute approximate surface area is 196 Å². The average Bonchev–Trinajstić information content (AvgIpc) is 3.28. The lowest BCUT2D eigenvalue weighted by molar-refractivity contribution is 0.0949. The second-order valence-electron chi connectivity index (χ2n) is 7.54. The molecule has 0 saturated carbocycles. The summed E-state index contributed by atoms with van der Waals surface area (Å²) in [6, 6.07) is 13.7. The van der Waals surface area contributed by atoms with Gasteiger partial charge in [-0.1, -0.05) is 26.0 Å². The molecule has 0 aliphatic rings. The predicted molar refractivity (Wildman–Crippen MR) is 133 cm³/mol. The summed E-state index contributed by atoms with van der Waals surface area (Å²) in [7, 11) is 0. The Kier molecular flexibility index (Phi) is 7.26. The number of amides is 1. The van der Waals surface area contributed by atoms with Crippen molar-refractivity contribution in [3.63, 3.8) is 0 Å². The first-order valence-corrected chi connectivity index (χ1v) is 11.8. The van der Waals surface area contributed by atoms with Gasteiger partial charge in [-0.15, -0.1) is 11.3 Å². The van der Waals surface area contributed by atoms with E-state index in [4.69, 9.17) is 0 Å². The van der Waals surface area contributed by atoms with Crippen LogP contribution < -0.4 is 10.6 Å². The molecular formula is C25H26FN5OS. The number of carbonyl (C=O) groups excluding carboxylic acids is 1. The maximum absolute atomic E-state index is 13.4. The van der Waals surface area contributed by atoms with Crippen molar-refractivity contribution >= 4 is 39.0 Å². The van der Waals surface area contributed by atoms with Crippen molar-refractivity contribution in [3.05, 3.63) is 71.6 Å². The first-order chi connectivity index (χ1) is 16.1. The van der Waals surface area contributed by atoms with E-state index in [1.165, 1.54) is 29.8 Å². The SMILES string of the molecule is CCN(CC)CCNC(=O)c1ccc(Nc2ncnc3scc(-c4ccc(F)cc4)c23)cc1. The highest BCUT2D eigenvalue weighted by Gasteiger charge is 2.14. The maximum atomic E-state index is 13.4. The molecule has 0 bridgehead atoms. The van der Waals surface area contributed by atoms with E-state index >= 15 is 0 Å². The van der Waals surface area contributed by atoms with E-state index in [-0.39, 0.29) is 11.7 Å². The number of thiophene rings is 1. The normalized spacial score (nSPS) is 11.2. The van der Waals surface area contributed by atoms with E-state index < -0.39 is 0 Å². The Morgan fingerprint density at radius 1 is 1.03 bits per heavy atom. The fraction of sp³-hybridized carbons (Fsp3) is 0.240. The van der Waals surface area contributed by atoms with E-state index in [0.29, 0.717) is 17.9 Å². The molecule has 4 aromatic rings. The van der Waals surface area contributed by atoms with E-state index in [9.17, 15) is 9.18 Å². The van der Waals surface area contributed by atoms with Gasteiger partial charge in [0.25, 0.3) is 5.91 Å². The van der Waals surface area contributed by atoms with Gasteiger partial charge in [0.2, 0.25) is 0 Å². The molecule has 2 aromatic carbocycles. The molecule has 0 aliphatic carbocycles. The quantitative estimate of drug-likeness (QED) is 0.352. The number of hydrogen-bond acceptors (Lipinski definition) is 6. The average molecular weight is 464 g/mol. The first-order valence-electron chi connectivity index (χ1n) is 10.9. The summed E-state index contributed by atoms with van der Waals surface area (Å²) in [4.78, 5) is 24.4. The molecule has 0 saturated heterocycles. The smallest absolute Gasteiger partial charge is 0.251 e. The van der Waals surface area contributed by atoms with Gasteiger partial charge in [0.1, 0.15) is 22.8 Å². The van der Waals surface area contributed by atoms with Crippen molar-refractivity contribution in [2.24, 2.45) is 0 Å². The molecule has 2 heterocycles. The number of anilines is 2. The molecule has 0 unspecified atom stereocenters. The highest BCUT2D eigenvalue weighted by atomic mass is 32.1. The Balaban J connectivity index is 1.49. The number of aromatic nitrogens is 2. The zero-order valence-corrected chi connectivity index (χ0v) is 19.5. The van der Waals surface area contributed by atoms with Crippen LogP contribution in [0.1, 0.15) is 24.2 Å².